The standard InChI is InChI=1S/C14H11BF5O/c1-9-6-12(3-4-13(9)15(18,19)20)21-8-10-7-11(16)2-5-14(10)17/h2-7H,8H2,1H3/q-1. The number of ether oxygens (including phenoxy) is 1. The molecule has 0 aliphatic rings. The SMILES string of the molecule is Cc1cc(OCc2cc(F)ccc2F)ccc1[B-](F)(F)F. The third-order valence-electron chi connectivity index (χ3n) is 3.00. The van der Waals surface area contributed by atoms with E-state index in [9.17, 15) is 21.7 Å². The maximum atomic E-state index is 13.4. The summed E-state index contributed by atoms with van der Waals surface area (Å²) in [6, 6.07) is 6.23. The number of rotatable bonds is 4. The average molecular weight is 301 g/mol. The van der Waals surface area contributed by atoms with Crippen LogP contribution in [-0.4, -0.2) is 6.98 Å². The lowest BCUT2D eigenvalue weighted by Crippen LogP contribution is -2.35. The molecule has 2 aromatic carbocycles. The third-order valence-corrected chi connectivity index (χ3v) is 3.00. The van der Waals surface area contributed by atoms with E-state index in [1.165, 1.54) is 13.0 Å². The van der Waals surface area contributed by atoms with E-state index in [1.807, 2.05) is 0 Å². The quantitative estimate of drug-likeness (QED) is 0.614. The fraction of sp³-hybridized carbons (Fsp3) is 0.143. The van der Waals surface area contributed by atoms with Crippen LogP contribution >= 0.6 is 0 Å². The highest BCUT2D eigenvalue weighted by atomic mass is 19.4. The fourth-order valence-corrected chi connectivity index (χ4v) is 1.92. The van der Waals surface area contributed by atoms with Crippen molar-refractivity contribution >= 4 is 12.4 Å². The summed E-state index contributed by atoms with van der Waals surface area (Å²) in [5, 5.41) is 0. The summed E-state index contributed by atoms with van der Waals surface area (Å²) in [7, 11) is 0. The van der Waals surface area contributed by atoms with Crippen molar-refractivity contribution in [2.45, 2.75) is 13.5 Å². The molecule has 0 aromatic heterocycles. The summed E-state index contributed by atoms with van der Waals surface area (Å²) < 4.78 is 69.5. The van der Waals surface area contributed by atoms with Gasteiger partial charge in [0.25, 0.3) is 0 Å². The Morgan fingerprint density at radius 1 is 1.00 bits per heavy atom. The molecule has 0 radical (unpaired) electrons. The van der Waals surface area contributed by atoms with Crippen LogP contribution in [0.4, 0.5) is 21.7 Å². The molecule has 0 N–H and O–H groups in total. The maximum absolute atomic E-state index is 13.4. The molecule has 1 nitrogen and oxygen atoms in total. The lowest BCUT2D eigenvalue weighted by atomic mass is 9.77. The second-order valence-corrected chi connectivity index (χ2v) is 4.62. The molecule has 0 aliphatic carbocycles. The highest BCUT2D eigenvalue weighted by molar-refractivity contribution is 6.74. The van der Waals surface area contributed by atoms with Gasteiger partial charge in [0.15, 0.2) is 0 Å². The van der Waals surface area contributed by atoms with Crippen LogP contribution in [-0.2, 0) is 6.61 Å². The van der Waals surface area contributed by atoms with Gasteiger partial charge in [-0.2, -0.15) is 0 Å². The fourth-order valence-electron chi connectivity index (χ4n) is 1.92. The van der Waals surface area contributed by atoms with Crippen molar-refractivity contribution in [3.05, 3.63) is 59.2 Å². The monoisotopic (exact) mass is 301 g/mol. The van der Waals surface area contributed by atoms with E-state index in [-0.39, 0.29) is 23.5 Å². The molecule has 0 atom stereocenters. The molecule has 0 heterocycles. The summed E-state index contributed by atoms with van der Waals surface area (Å²) in [6.45, 7) is -4.02. The van der Waals surface area contributed by atoms with Gasteiger partial charge in [0.05, 0.1) is 0 Å². The molecular weight excluding hydrogens is 290 g/mol. The number of hydrogen-bond donors (Lipinski definition) is 0. The maximum Gasteiger partial charge on any atom is 0.509 e. The van der Waals surface area contributed by atoms with Crippen molar-refractivity contribution in [2.24, 2.45) is 0 Å². The molecule has 21 heavy (non-hydrogen) atoms. The van der Waals surface area contributed by atoms with E-state index in [0.717, 1.165) is 30.3 Å². The minimum atomic E-state index is -5.08. The highest BCUT2D eigenvalue weighted by Crippen LogP contribution is 2.19. The molecular formula is C14H11BF5O-. The summed E-state index contributed by atoms with van der Waals surface area (Å²) in [5.41, 5.74) is -0.671. The van der Waals surface area contributed by atoms with Crippen LogP contribution in [0.2, 0.25) is 0 Å². The molecule has 0 saturated heterocycles. The molecule has 0 saturated carbocycles. The Hall–Kier alpha value is -2.05. The summed E-state index contributed by atoms with van der Waals surface area (Å²) in [4.78, 5) is 0. The molecule has 0 fully saturated rings. The van der Waals surface area contributed by atoms with Crippen LogP contribution in [0, 0.1) is 18.6 Å². The van der Waals surface area contributed by atoms with Gasteiger partial charge in [-0.1, -0.05) is 11.6 Å². The number of halogens is 5. The van der Waals surface area contributed by atoms with E-state index in [0.29, 0.717) is 0 Å². The first-order chi connectivity index (χ1) is 9.77. The van der Waals surface area contributed by atoms with Crippen molar-refractivity contribution < 1.29 is 26.5 Å². The second kappa shape index (κ2) is 5.75. The molecule has 0 spiro atoms. The van der Waals surface area contributed by atoms with Crippen molar-refractivity contribution in [3.63, 3.8) is 0 Å². The Labute approximate surface area is 118 Å². The Morgan fingerprint density at radius 2 is 1.71 bits per heavy atom. The van der Waals surface area contributed by atoms with Crippen molar-refractivity contribution in [1.29, 1.82) is 0 Å². The van der Waals surface area contributed by atoms with E-state index >= 15 is 0 Å². The predicted molar refractivity (Wildman–Crippen MR) is 70.6 cm³/mol. The molecule has 0 aliphatic heterocycles. The van der Waals surface area contributed by atoms with Crippen LogP contribution in [0.1, 0.15) is 11.1 Å². The van der Waals surface area contributed by atoms with Gasteiger partial charge in [0.2, 0.25) is 0 Å². The van der Waals surface area contributed by atoms with Crippen LogP contribution in [0.3, 0.4) is 0 Å². The number of benzene rings is 2. The predicted octanol–water partition coefficient (Wildman–Crippen LogP) is 3.91. The molecule has 2 rings (SSSR count). The van der Waals surface area contributed by atoms with E-state index in [2.05, 4.69) is 0 Å². The lowest BCUT2D eigenvalue weighted by molar-refractivity contribution is 0.299. The van der Waals surface area contributed by atoms with Gasteiger partial charge in [0, 0.05) is 5.56 Å². The largest absolute Gasteiger partial charge is 0.509 e. The number of hydrogen-bond acceptors (Lipinski definition) is 1. The van der Waals surface area contributed by atoms with Gasteiger partial charge in [-0.05, 0) is 37.3 Å². The zero-order valence-electron chi connectivity index (χ0n) is 11.0. The zero-order valence-corrected chi connectivity index (χ0v) is 11.0. The van der Waals surface area contributed by atoms with Gasteiger partial charge in [-0.15, -0.1) is 5.46 Å². The molecule has 0 amide bonds. The smallest absolute Gasteiger partial charge is 0.489 e. The minimum absolute atomic E-state index is 0.00299. The van der Waals surface area contributed by atoms with E-state index < -0.39 is 24.1 Å². The first-order valence-corrected chi connectivity index (χ1v) is 6.14. The first-order valence-electron chi connectivity index (χ1n) is 6.14. The summed E-state index contributed by atoms with van der Waals surface area (Å²) >= 11 is 0. The third kappa shape index (κ3) is 3.74. The molecule has 112 valence electrons. The van der Waals surface area contributed by atoms with Crippen molar-refractivity contribution in [2.75, 3.05) is 0 Å². The minimum Gasteiger partial charge on any atom is -0.489 e. The molecule has 2 aromatic rings. The Kier molecular flexibility index (Phi) is 4.20. The second-order valence-electron chi connectivity index (χ2n) is 4.62. The van der Waals surface area contributed by atoms with Gasteiger partial charge in [-0.3, -0.25) is 0 Å². The lowest BCUT2D eigenvalue weighted by Gasteiger charge is -2.18. The molecule has 7 heteroatoms. The van der Waals surface area contributed by atoms with Crippen LogP contribution in [0.15, 0.2) is 36.4 Å². The van der Waals surface area contributed by atoms with Gasteiger partial charge in [-0.25, -0.2) is 8.78 Å². The number of aryl methyl sites for hydroxylation is 1. The Balaban J connectivity index is 2.14. The summed E-state index contributed by atoms with van der Waals surface area (Å²) in [6.07, 6.45) is 0. The Morgan fingerprint density at radius 3 is 2.33 bits per heavy atom. The van der Waals surface area contributed by atoms with Crippen molar-refractivity contribution in [3.8, 4) is 5.75 Å². The first kappa shape index (κ1) is 15.3. The van der Waals surface area contributed by atoms with Gasteiger partial charge in [0.1, 0.15) is 24.0 Å². The topological polar surface area (TPSA) is 9.23 Å². The van der Waals surface area contributed by atoms with Gasteiger partial charge < -0.3 is 17.7 Å². The highest BCUT2D eigenvalue weighted by Gasteiger charge is 2.27. The summed E-state index contributed by atoms with van der Waals surface area (Å²) in [5.74, 6) is -1.08. The molecule has 0 bridgehead atoms. The van der Waals surface area contributed by atoms with Crippen LogP contribution < -0.4 is 10.2 Å². The van der Waals surface area contributed by atoms with Gasteiger partial charge >= 0.3 is 6.98 Å². The van der Waals surface area contributed by atoms with E-state index in [1.54, 1.807) is 0 Å². The Bertz CT molecular complexity index is 654. The normalized spacial score (nSPS) is 11.5. The van der Waals surface area contributed by atoms with E-state index in [4.69, 9.17) is 4.74 Å². The van der Waals surface area contributed by atoms with Crippen LogP contribution in [0.5, 0.6) is 5.75 Å². The van der Waals surface area contributed by atoms with Crippen molar-refractivity contribution in [1.82, 2.24) is 0 Å². The van der Waals surface area contributed by atoms with Crippen LogP contribution in [0.25, 0.3) is 0 Å². The zero-order chi connectivity index (χ0) is 15.6. The molecule has 0 unspecified atom stereocenters. The average Bonchev–Trinajstić information content (AvgIpc) is 2.38.